The van der Waals surface area contributed by atoms with Gasteiger partial charge in [-0.2, -0.15) is 8.78 Å². The molecule has 0 aliphatic heterocycles. The third kappa shape index (κ3) is 7.57. The summed E-state index contributed by atoms with van der Waals surface area (Å²) in [6.07, 6.45) is 2.31. The third-order valence-electron chi connectivity index (χ3n) is 6.56. The number of carbonyl (C=O) groups excluding carboxylic acids is 2. The van der Waals surface area contributed by atoms with Crippen LogP contribution in [0.5, 0.6) is 5.75 Å². The van der Waals surface area contributed by atoms with Gasteiger partial charge in [-0.3, -0.25) is 4.79 Å². The molecule has 1 amide bonds. The molecule has 2 aliphatic carbocycles. The molecule has 0 aromatic heterocycles. The summed E-state index contributed by atoms with van der Waals surface area (Å²) in [5.41, 5.74) is -0.805. The molecule has 3 atom stereocenters. The molecule has 0 saturated heterocycles. The van der Waals surface area contributed by atoms with Crippen LogP contribution in [0.2, 0.25) is 0 Å². The fourth-order valence-electron chi connectivity index (χ4n) is 4.40. The molecular weight excluding hydrogens is 501 g/mol. The first-order valence-corrected chi connectivity index (χ1v) is 12.2. The van der Waals surface area contributed by atoms with E-state index in [4.69, 9.17) is 9.47 Å². The predicted octanol–water partition coefficient (Wildman–Crippen LogP) is 5.42. The first-order chi connectivity index (χ1) is 17.4. The maximum atomic E-state index is 13.7. The van der Waals surface area contributed by atoms with E-state index in [-0.39, 0.29) is 13.0 Å². The Bertz CT molecular complexity index is 1040. The average Bonchev–Trinajstić information content (AvgIpc) is 3.48. The van der Waals surface area contributed by atoms with Crippen molar-refractivity contribution in [1.29, 1.82) is 0 Å². The Balaban J connectivity index is 1.37. The molecule has 0 spiro atoms. The van der Waals surface area contributed by atoms with E-state index < -0.39 is 65.0 Å². The predicted molar refractivity (Wildman–Crippen MR) is 122 cm³/mol. The van der Waals surface area contributed by atoms with Crippen LogP contribution in [-0.2, 0) is 14.3 Å². The van der Waals surface area contributed by atoms with Crippen LogP contribution >= 0.6 is 0 Å². The van der Waals surface area contributed by atoms with Crippen molar-refractivity contribution in [2.75, 3.05) is 13.2 Å². The number of esters is 1. The van der Waals surface area contributed by atoms with Gasteiger partial charge in [-0.15, -0.1) is 11.8 Å². The van der Waals surface area contributed by atoms with E-state index in [1.54, 1.807) is 20.8 Å². The maximum absolute atomic E-state index is 13.7. The van der Waals surface area contributed by atoms with Gasteiger partial charge < -0.3 is 19.5 Å². The molecule has 6 nitrogen and oxygen atoms in total. The normalized spacial score (nSPS) is 21.5. The topological polar surface area (TPSA) is 73.9 Å². The van der Waals surface area contributed by atoms with Crippen molar-refractivity contribution in [3.8, 4) is 17.6 Å². The van der Waals surface area contributed by atoms with Crippen LogP contribution in [0.4, 0.5) is 26.7 Å². The Hall–Kier alpha value is -2.87. The molecule has 3 unspecified atom stereocenters. The largest absolute Gasteiger partial charge is 0.449 e. The molecule has 1 N–H and O–H groups in total. The molecule has 1 aromatic carbocycles. The zero-order chi connectivity index (χ0) is 27.3. The van der Waals surface area contributed by atoms with Crippen molar-refractivity contribution in [3.63, 3.8) is 0 Å². The first-order valence-electron chi connectivity index (χ1n) is 12.2. The van der Waals surface area contributed by atoms with Gasteiger partial charge in [0.1, 0.15) is 0 Å². The molecule has 204 valence electrons. The summed E-state index contributed by atoms with van der Waals surface area (Å²) in [6, 6.07) is 0. The Morgan fingerprint density at radius 2 is 1.51 bits per heavy atom. The Morgan fingerprint density at radius 3 is 2.08 bits per heavy atom. The van der Waals surface area contributed by atoms with E-state index in [0.29, 0.717) is 24.4 Å². The number of benzene rings is 1. The van der Waals surface area contributed by atoms with Crippen molar-refractivity contribution in [1.82, 2.24) is 5.32 Å². The number of fused-ring (bicyclic) bond motifs is 1. The summed E-state index contributed by atoms with van der Waals surface area (Å²) in [4.78, 5) is 24.2. The molecule has 3 rings (SSSR count). The molecule has 0 bridgehead atoms. The van der Waals surface area contributed by atoms with Gasteiger partial charge in [0.05, 0.1) is 24.9 Å². The Morgan fingerprint density at radius 1 is 0.973 bits per heavy atom. The molecule has 1 aromatic rings. The zero-order valence-corrected chi connectivity index (χ0v) is 20.9. The number of nitrogens with one attached hydrogen (secondary N) is 1. The lowest BCUT2D eigenvalue weighted by Gasteiger charge is -2.27. The lowest BCUT2D eigenvalue weighted by atomic mass is 10.1. The minimum Gasteiger partial charge on any atom is -0.449 e. The third-order valence-corrected chi connectivity index (χ3v) is 6.56. The summed E-state index contributed by atoms with van der Waals surface area (Å²) < 4.78 is 82.3. The van der Waals surface area contributed by atoms with E-state index in [0.717, 1.165) is 25.7 Å². The van der Waals surface area contributed by atoms with Gasteiger partial charge in [0.2, 0.25) is 34.8 Å². The van der Waals surface area contributed by atoms with E-state index in [9.17, 15) is 31.5 Å². The molecule has 0 radical (unpaired) electrons. The zero-order valence-electron chi connectivity index (χ0n) is 20.9. The fourth-order valence-corrected chi connectivity index (χ4v) is 4.40. The molecular formula is C26H30F5NO5. The van der Waals surface area contributed by atoms with Crippen LogP contribution in [0.3, 0.4) is 0 Å². The van der Waals surface area contributed by atoms with E-state index in [2.05, 4.69) is 21.9 Å². The van der Waals surface area contributed by atoms with Crippen LogP contribution in [0.15, 0.2) is 0 Å². The average molecular weight is 532 g/mol. The number of amides is 1. The molecule has 2 aliphatic rings. The van der Waals surface area contributed by atoms with Gasteiger partial charge in [0, 0.05) is 19.3 Å². The second kappa shape index (κ2) is 12.1. The standard InChI is InChI=1S/C26H30F5NO5/c1-14(10-11-18(33)37-24-22(30)20(28)19(27)21(29)23(24)31)36-13-26(2,3)32-25(34)35-12-17-15-8-6-4-5-7-9-16(15)17/h14-17H,6-13H2,1-3H3,(H,32,34). The second-order valence-corrected chi connectivity index (χ2v) is 10.1. The number of hydrogen-bond donors (Lipinski definition) is 1. The van der Waals surface area contributed by atoms with Crippen LogP contribution < -0.4 is 10.1 Å². The summed E-state index contributed by atoms with van der Waals surface area (Å²) in [7, 11) is 0. The van der Waals surface area contributed by atoms with Crippen molar-refractivity contribution >= 4 is 12.1 Å². The number of alkyl carbamates (subject to hydrolysis) is 1. The van der Waals surface area contributed by atoms with E-state index in [1.165, 1.54) is 0 Å². The highest BCUT2D eigenvalue weighted by Crippen LogP contribution is 2.52. The summed E-state index contributed by atoms with van der Waals surface area (Å²) in [6.45, 7) is 5.47. The fraction of sp³-hybridized carbons (Fsp3) is 0.615. The highest BCUT2D eigenvalue weighted by atomic mass is 19.2. The SMILES string of the molecule is CC(CCC(=O)Oc1c(F)c(F)c(F)c(F)c1F)OCC(C)(C)NC(=O)OCC1C2CCC#CCCC21. The molecule has 1 saturated carbocycles. The van der Waals surface area contributed by atoms with Gasteiger partial charge >= 0.3 is 12.1 Å². The highest BCUT2D eigenvalue weighted by Gasteiger charge is 2.49. The number of carbonyl (C=O) groups is 2. The van der Waals surface area contributed by atoms with Gasteiger partial charge in [-0.1, -0.05) is 0 Å². The summed E-state index contributed by atoms with van der Waals surface area (Å²) in [5, 5.41) is 2.74. The van der Waals surface area contributed by atoms with Gasteiger partial charge in [-0.05, 0) is 57.8 Å². The van der Waals surface area contributed by atoms with E-state index >= 15 is 0 Å². The van der Waals surface area contributed by atoms with E-state index in [1.807, 2.05) is 0 Å². The number of halogens is 5. The second-order valence-electron chi connectivity index (χ2n) is 10.1. The van der Waals surface area contributed by atoms with Gasteiger partial charge in [-0.25, -0.2) is 18.0 Å². The number of ether oxygens (including phenoxy) is 3. The first kappa shape index (κ1) is 28.7. The quantitative estimate of drug-likeness (QED) is 0.109. The Kier molecular flexibility index (Phi) is 9.40. The number of hydrogen-bond acceptors (Lipinski definition) is 5. The lowest BCUT2D eigenvalue weighted by Crippen LogP contribution is -2.48. The monoisotopic (exact) mass is 531 g/mol. The Labute approximate surface area is 212 Å². The molecule has 37 heavy (non-hydrogen) atoms. The van der Waals surface area contributed by atoms with Crippen LogP contribution in [0.25, 0.3) is 0 Å². The molecule has 0 heterocycles. The van der Waals surface area contributed by atoms with Crippen LogP contribution in [0.1, 0.15) is 59.3 Å². The smallest absolute Gasteiger partial charge is 0.407 e. The summed E-state index contributed by atoms with van der Waals surface area (Å²) in [5.74, 6) is -6.31. The minimum atomic E-state index is -2.34. The minimum absolute atomic E-state index is 0.0307. The molecule has 1 fully saturated rings. The van der Waals surface area contributed by atoms with Crippen molar-refractivity contribution in [3.05, 3.63) is 29.1 Å². The highest BCUT2D eigenvalue weighted by molar-refractivity contribution is 5.72. The number of rotatable bonds is 10. The van der Waals surface area contributed by atoms with Crippen LogP contribution in [0, 0.1) is 58.7 Å². The summed E-state index contributed by atoms with van der Waals surface area (Å²) >= 11 is 0. The van der Waals surface area contributed by atoms with Crippen LogP contribution in [-0.4, -0.2) is 36.9 Å². The van der Waals surface area contributed by atoms with Crippen molar-refractivity contribution < 1.29 is 45.8 Å². The maximum Gasteiger partial charge on any atom is 0.407 e. The van der Waals surface area contributed by atoms with Crippen molar-refractivity contribution in [2.45, 2.75) is 70.9 Å². The van der Waals surface area contributed by atoms with Gasteiger partial charge in [0.15, 0.2) is 0 Å². The van der Waals surface area contributed by atoms with Gasteiger partial charge in [0.25, 0.3) is 0 Å². The molecule has 11 heteroatoms. The van der Waals surface area contributed by atoms with Crippen molar-refractivity contribution in [2.24, 2.45) is 17.8 Å². The lowest BCUT2D eigenvalue weighted by molar-refractivity contribution is -0.135.